The van der Waals surface area contributed by atoms with Crippen LogP contribution in [0.3, 0.4) is 0 Å². The smallest absolute Gasteiger partial charge is 0.348 e. The van der Waals surface area contributed by atoms with Crippen LogP contribution in [-0.2, 0) is 9.53 Å². The van der Waals surface area contributed by atoms with Crippen molar-refractivity contribution in [2.45, 2.75) is 38.5 Å². The molecule has 7 heteroatoms. The van der Waals surface area contributed by atoms with E-state index < -0.39 is 5.97 Å². The molecule has 0 aliphatic rings. The number of esters is 1. The first-order valence-corrected chi connectivity index (χ1v) is 10.5. The molecule has 0 atom stereocenters. The highest BCUT2D eigenvalue weighted by molar-refractivity contribution is 7.99. The Labute approximate surface area is 167 Å². The first-order valence-electron chi connectivity index (χ1n) is 8.66. The van der Waals surface area contributed by atoms with Gasteiger partial charge in [0, 0.05) is 11.3 Å². The van der Waals surface area contributed by atoms with Gasteiger partial charge in [0.15, 0.2) is 0 Å². The number of anilines is 1. The minimum atomic E-state index is -0.466. The molecule has 0 saturated carbocycles. The maximum Gasteiger partial charge on any atom is 0.348 e. The third-order valence-electron chi connectivity index (χ3n) is 3.81. The summed E-state index contributed by atoms with van der Waals surface area (Å²) in [7, 11) is 0. The zero-order valence-electron chi connectivity index (χ0n) is 15.6. The number of hydrogen-bond donors (Lipinski definition) is 1. The number of nitrogens with one attached hydrogen (secondary N) is 1. The number of carbonyl (C=O) groups is 2. The molecule has 0 unspecified atom stereocenters. The summed E-state index contributed by atoms with van der Waals surface area (Å²) in [5.74, 6) is 0.207. The molecule has 0 spiro atoms. The van der Waals surface area contributed by atoms with Gasteiger partial charge >= 0.3 is 5.97 Å². The van der Waals surface area contributed by atoms with Gasteiger partial charge in [-0.2, -0.15) is 5.26 Å². The second-order valence-electron chi connectivity index (χ2n) is 5.91. The molecule has 2 aromatic rings. The van der Waals surface area contributed by atoms with E-state index >= 15 is 0 Å². The Bertz CT molecular complexity index is 851. The van der Waals surface area contributed by atoms with Gasteiger partial charge in [0.2, 0.25) is 5.91 Å². The molecule has 1 heterocycles. The van der Waals surface area contributed by atoms with Gasteiger partial charge < -0.3 is 10.1 Å². The van der Waals surface area contributed by atoms with Crippen LogP contribution in [0.2, 0.25) is 0 Å². The minimum absolute atomic E-state index is 0.160. The summed E-state index contributed by atoms with van der Waals surface area (Å²) in [5.41, 5.74) is 2.09. The number of amides is 1. The van der Waals surface area contributed by atoms with Gasteiger partial charge in [0.05, 0.1) is 12.2 Å². The quantitative estimate of drug-likeness (QED) is 0.385. The van der Waals surface area contributed by atoms with Crippen molar-refractivity contribution in [3.63, 3.8) is 0 Å². The highest BCUT2D eigenvalue weighted by Crippen LogP contribution is 2.33. The largest absolute Gasteiger partial charge is 0.462 e. The summed E-state index contributed by atoms with van der Waals surface area (Å²) in [6.45, 7) is 5.73. The zero-order valence-corrected chi connectivity index (χ0v) is 17.3. The summed E-state index contributed by atoms with van der Waals surface area (Å²) in [4.78, 5) is 25.7. The lowest BCUT2D eigenvalue weighted by Gasteiger charge is -2.04. The summed E-state index contributed by atoms with van der Waals surface area (Å²) >= 11 is 2.80. The van der Waals surface area contributed by atoms with Crippen molar-refractivity contribution in [3.05, 3.63) is 45.8 Å². The Morgan fingerprint density at radius 3 is 2.59 bits per heavy atom. The normalized spacial score (nSPS) is 10.3. The van der Waals surface area contributed by atoms with Gasteiger partial charge in [-0.25, -0.2) is 4.79 Å². The second kappa shape index (κ2) is 10.1. The summed E-state index contributed by atoms with van der Waals surface area (Å²) < 4.78 is 5.00. The van der Waals surface area contributed by atoms with E-state index in [1.165, 1.54) is 10.5 Å². The number of benzene rings is 1. The topological polar surface area (TPSA) is 79.2 Å². The summed E-state index contributed by atoms with van der Waals surface area (Å²) in [5, 5.41) is 12.5. The first-order chi connectivity index (χ1) is 13.0. The van der Waals surface area contributed by atoms with Crippen molar-refractivity contribution in [3.8, 4) is 6.07 Å². The molecule has 27 heavy (non-hydrogen) atoms. The third-order valence-corrected chi connectivity index (χ3v) is 6.10. The second-order valence-corrected chi connectivity index (χ2v) is 8.09. The molecule has 0 saturated heterocycles. The molecule has 2 rings (SSSR count). The number of rotatable bonds is 8. The lowest BCUT2D eigenvalue weighted by Crippen LogP contribution is -2.11. The van der Waals surface area contributed by atoms with Gasteiger partial charge in [-0.3, -0.25) is 4.79 Å². The van der Waals surface area contributed by atoms with E-state index in [1.54, 1.807) is 25.6 Å². The molecule has 1 aromatic carbocycles. The summed E-state index contributed by atoms with van der Waals surface area (Å²) in [6.07, 6.45) is 1.08. The average molecular weight is 403 g/mol. The molecule has 142 valence electrons. The fourth-order valence-corrected chi connectivity index (χ4v) is 4.29. The fraction of sp³-hybridized carbons (Fsp3) is 0.350. The van der Waals surface area contributed by atoms with E-state index in [0.29, 0.717) is 27.4 Å². The maximum absolute atomic E-state index is 12.2. The number of nitriles is 1. The zero-order chi connectivity index (χ0) is 19.8. The van der Waals surface area contributed by atoms with Crippen molar-refractivity contribution in [2.24, 2.45) is 0 Å². The molecule has 1 amide bonds. The number of aryl methyl sites for hydroxylation is 1. The van der Waals surface area contributed by atoms with E-state index in [1.807, 2.05) is 6.92 Å². The van der Waals surface area contributed by atoms with Crippen LogP contribution in [0.15, 0.2) is 29.2 Å². The standard InChI is InChI=1S/C20H22N2O3S2/c1-4-25-20(24)18-14(3)16(12-21)19(27-18)22-17(23)6-5-11-26-15-9-7-13(2)8-10-15/h7-10H,4-6,11H2,1-3H3,(H,22,23). The molecule has 0 radical (unpaired) electrons. The van der Waals surface area contributed by atoms with Gasteiger partial charge in [0.1, 0.15) is 15.9 Å². The number of ether oxygens (including phenoxy) is 1. The monoisotopic (exact) mass is 402 g/mol. The molecule has 1 N–H and O–H groups in total. The van der Waals surface area contributed by atoms with E-state index in [9.17, 15) is 14.9 Å². The third kappa shape index (κ3) is 5.84. The van der Waals surface area contributed by atoms with Gasteiger partial charge in [-0.15, -0.1) is 23.1 Å². The summed E-state index contributed by atoms with van der Waals surface area (Å²) in [6, 6.07) is 10.3. The molecule has 0 bridgehead atoms. The Hall–Kier alpha value is -2.30. The highest BCUT2D eigenvalue weighted by atomic mass is 32.2. The molecule has 0 aliphatic carbocycles. The SMILES string of the molecule is CCOC(=O)c1sc(NC(=O)CCCSc2ccc(C)cc2)c(C#N)c1C. The Balaban J connectivity index is 1.89. The van der Waals surface area contributed by atoms with Crippen molar-refractivity contribution in [2.75, 3.05) is 17.7 Å². The van der Waals surface area contributed by atoms with Gasteiger partial charge in [-0.05, 0) is 50.6 Å². The van der Waals surface area contributed by atoms with Crippen LogP contribution in [0.1, 0.15) is 46.1 Å². The molecule has 1 aromatic heterocycles. The van der Waals surface area contributed by atoms with Crippen molar-refractivity contribution in [1.29, 1.82) is 5.26 Å². The van der Waals surface area contributed by atoms with E-state index in [0.717, 1.165) is 23.5 Å². The van der Waals surface area contributed by atoms with Crippen molar-refractivity contribution < 1.29 is 14.3 Å². The number of hydrogen-bond acceptors (Lipinski definition) is 6. The Morgan fingerprint density at radius 1 is 1.26 bits per heavy atom. The van der Waals surface area contributed by atoms with Gasteiger partial charge in [-0.1, -0.05) is 17.7 Å². The molecular formula is C20H22N2O3S2. The molecule has 0 aliphatic heterocycles. The van der Waals surface area contributed by atoms with Crippen LogP contribution in [0.4, 0.5) is 5.00 Å². The lowest BCUT2D eigenvalue weighted by molar-refractivity contribution is -0.116. The highest BCUT2D eigenvalue weighted by Gasteiger charge is 2.22. The van der Waals surface area contributed by atoms with E-state index in [4.69, 9.17) is 4.74 Å². The Morgan fingerprint density at radius 2 is 1.96 bits per heavy atom. The van der Waals surface area contributed by atoms with Crippen LogP contribution in [0.5, 0.6) is 0 Å². The Kier molecular flexibility index (Phi) is 7.89. The number of thioether (sulfide) groups is 1. The van der Waals surface area contributed by atoms with Gasteiger partial charge in [0.25, 0.3) is 0 Å². The predicted molar refractivity (Wildman–Crippen MR) is 109 cm³/mol. The number of carbonyl (C=O) groups excluding carboxylic acids is 2. The predicted octanol–water partition coefficient (Wildman–Crippen LogP) is 4.92. The average Bonchev–Trinajstić information content (AvgIpc) is 2.95. The van der Waals surface area contributed by atoms with Crippen LogP contribution >= 0.6 is 23.1 Å². The first kappa shape index (κ1) is 21.0. The maximum atomic E-state index is 12.2. The van der Waals surface area contributed by atoms with Crippen LogP contribution < -0.4 is 5.32 Å². The molecular weight excluding hydrogens is 380 g/mol. The minimum Gasteiger partial charge on any atom is -0.462 e. The number of nitrogens with zero attached hydrogens (tertiary/aromatic N) is 1. The lowest BCUT2D eigenvalue weighted by atomic mass is 10.1. The van der Waals surface area contributed by atoms with Crippen LogP contribution in [0.25, 0.3) is 0 Å². The van der Waals surface area contributed by atoms with Crippen LogP contribution in [-0.4, -0.2) is 24.2 Å². The fourth-order valence-electron chi connectivity index (χ4n) is 2.37. The number of thiophene rings is 1. The van der Waals surface area contributed by atoms with E-state index in [-0.39, 0.29) is 12.5 Å². The molecule has 5 nitrogen and oxygen atoms in total. The van der Waals surface area contributed by atoms with Crippen LogP contribution in [0, 0.1) is 25.2 Å². The van der Waals surface area contributed by atoms with E-state index in [2.05, 4.69) is 35.7 Å². The van der Waals surface area contributed by atoms with Crippen molar-refractivity contribution >= 4 is 40.0 Å². The van der Waals surface area contributed by atoms with Crippen molar-refractivity contribution in [1.82, 2.24) is 0 Å². The molecule has 0 fully saturated rings.